The molecule has 0 atom stereocenters. The van der Waals surface area contributed by atoms with Crippen molar-refractivity contribution < 1.29 is 4.79 Å². The van der Waals surface area contributed by atoms with Gasteiger partial charge in [0, 0.05) is 35.8 Å². The predicted molar refractivity (Wildman–Crippen MR) is 98.2 cm³/mol. The molecular weight excluding hydrogens is 312 g/mol. The predicted octanol–water partition coefficient (Wildman–Crippen LogP) is 3.87. The molecule has 0 saturated carbocycles. The summed E-state index contributed by atoms with van der Waals surface area (Å²) in [5, 5.41) is 4.39. The van der Waals surface area contributed by atoms with Gasteiger partial charge in [-0.3, -0.25) is 9.48 Å². The van der Waals surface area contributed by atoms with Gasteiger partial charge in [-0.15, -0.1) is 0 Å². The Morgan fingerprint density at radius 2 is 1.80 bits per heavy atom. The average Bonchev–Trinajstić information content (AvgIpc) is 2.94. The highest BCUT2D eigenvalue weighted by atomic mass is 16.1. The summed E-state index contributed by atoms with van der Waals surface area (Å²) in [5.74, 6) is 0.613. The van der Waals surface area contributed by atoms with E-state index in [2.05, 4.69) is 15.1 Å². The number of aromatic nitrogens is 4. The molecular formula is C20H20N4O. The Balaban J connectivity index is 1.78. The van der Waals surface area contributed by atoms with Gasteiger partial charge < -0.3 is 0 Å². The standard InChI is InChI=1S/C20H20N4O/c1-4-24-15(3)19(14(2)23-24)18(25)11-10-16-12-21-20(22-13-16)17-8-6-5-7-9-17/h5-13H,4H2,1-3H3/b11-10-. The molecule has 0 saturated heterocycles. The van der Waals surface area contributed by atoms with Gasteiger partial charge in [-0.2, -0.15) is 5.10 Å². The van der Waals surface area contributed by atoms with Crippen LogP contribution >= 0.6 is 0 Å². The zero-order valence-electron chi connectivity index (χ0n) is 14.6. The number of carbonyl (C=O) groups is 1. The minimum atomic E-state index is -0.0539. The molecule has 25 heavy (non-hydrogen) atoms. The molecule has 0 fully saturated rings. The van der Waals surface area contributed by atoms with E-state index in [1.165, 1.54) is 0 Å². The molecule has 0 aliphatic carbocycles. The third-order valence-corrected chi connectivity index (χ3v) is 4.06. The number of hydrogen-bond acceptors (Lipinski definition) is 4. The van der Waals surface area contributed by atoms with E-state index in [-0.39, 0.29) is 5.78 Å². The lowest BCUT2D eigenvalue weighted by atomic mass is 10.1. The van der Waals surface area contributed by atoms with Gasteiger partial charge in [0.2, 0.25) is 0 Å². The van der Waals surface area contributed by atoms with Crippen molar-refractivity contribution in [2.45, 2.75) is 27.3 Å². The van der Waals surface area contributed by atoms with Crippen molar-refractivity contribution in [3.8, 4) is 11.4 Å². The number of nitrogens with zero attached hydrogens (tertiary/aromatic N) is 4. The van der Waals surface area contributed by atoms with E-state index in [1.54, 1.807) is 24.5 Å². The van der Waals surface area contributed by atoms with Crippen LogP contribution < -0.4 is 0 Å². The lowest BCUT2D eigenvalue weighted by molar-refractivity contribution is 0.104. The quantitative estimate of drug-likeness (QED) is 0.525. The summed E-state index contributed by atoms with van der Waals surface area (Å²) in [6, 6.07) is 9.78. The van der Waals surface area contributed by atoms with Gasteiger partial charge in [0.15, 0.2) is 11.6 Å². The van der Waals surface area contributed by atoms with Gasteiger partial charge in [-0.1, -0.05) is 30.3 Å². The molecule has 0 unspecified atom stereocenters. The van der Waals surface area contributed by atoms with E-state index in [0.29, 0.717) is 11.4 Å². The fourth-order valence-electron chi connectivity index (χ4n) is 2.78. The Morgan fingerprint density at radius 1 is 1.12 bits per heavy atom. The second-order valence-electron chi connectivity index (χ2n) is 5.77. The van der Waals surface area contributed by atoms with Crippen LogP contribution in [0.15, 0.2) is 48.8 Å². The van der Waals surface area contributed by atoms with Gasteiger partial charge >= 0.3 is 0 Å². The van der Waals surface area contributed by atoms with Crippen LogP contribution in [0.4, 0.5) is 0 Å². The number of hydrogen-bond donors (Lipinski definition) is 0. The zero-order valence-corrected chi connectivity index (χ0v) is 14.6. The average molecular weight is 332 g/mol. The van der Waals surface area contributed by atoms with Gasteiger partial charge in [0.25, 0.3) is 0 Å². The number of benzene rings is 1. The highest BCUT2D eigenvalue weighted by Crippen LogP contribution is 2.16. The van der Waals surface area contributed by atoms with E-state index in [4.69, 9.17) is 0 Å². The summed E-state index contributed by atoms with van der Waals surface area (Å²) in [6.07, 6.45) is 6.72. The van der Waals surface area contributed by atoms with Crippen molar-refractivity contribution in [1.82, 2.24) is 19.7 Å². The molecule has 2 aromatic heterocycles. The number of carbonyl (C=O) groups excluding carboxylic acids is 1. The molecule has 5 nitrogen and oxygen atoms in total. The molecule has 3 aromatic rings. The highest BCUT2D eigenvalue weighted by Gasteiger charge is 2.15. The van der Waals surface area contributed by atoms with Crippen molar-refractivity contribution in [2.75, 3.05) is 0 Å². The molecule has 3 rings (SSSR count). The molecule has 126 valence electrons. The van der Waals surface area contributed by atoms with Crippen LogP contribution in [0.25, 0.3) is 17.5 Å². The Kier molecular flexibility index (Phi) is 4.84. The molecule has 1 aromatic carbocycles. The van der Waals surface area contributed by atoms with Crippen LogP contribution in [0.5, 0.6) is 0 Å². The Bertz CT molecular complexity index is 909. The van der Waals surface area contributed by atoms with Crippen LogP contribution in [-0.4, -0.2) is 25.5 Å². The van der Waals surface area contributed by atoms with Gasteiger partial charge in [0.05, 0.1) is 11.3 Å². The lowest BCUT2D eigenvalue weighted by Crippen LogP contribution is -2.02. The van der Waals surface area contributed by atoms with E-state index in [1.807, 2.05) is 55.8 Å². The lowest BCUT2D eigenvalue weighted by Gasteiger charge is -2.00. The summed E-state index contributed by atoms with van der Waals surface area (Å²) in [6.45, 7) is 6.54. The first kappa shape index (κ1) is 16.8. The van der Waals surface area contributed by atoms with Crippen LogP contribution in [0.2, 0.25) is 0 Å². The summed E-state index contributed by atoms with van der Waals surface area (Å²) < 4.78 is 1.84. The maximum absolute atomic E-state index is 12.5. The smallest absolute Gasteiger partial charge is 0.189 e. The Labute approximate surface area is 147 Å². The van der Waals surface area contributed by atoms with Crippen LogP contribution in [-0.2, 0) is 6.54 Å². The highest BCUT2D eigenvalue weighted by molar-refractivity contribution is 6.08. The number of allylic oxidation sites excluding steroid dienone is 1. The molecule has 0 spiro atoms. The monoisotopic (exact) mass is 332 g/mol. The van der Waals surface area contributed by atoms with Crippen molar-refractivity contribution >= 4 is 11.9 Å². The first-order valence-corrected chi connectivity index (χ1v) is 8.24. The topological polar surface area (TPSA) is 60.7 Å². The summed E-state index contributed by atoms with van der Waals surface area (Å²) >= 11 is 0. The molecule has 5 heteroatoms. The summed E-state index contributed by atoms with van der Waals surface area (Å²) in [4.78, 5) is 21.2. The van der Waals surface area contributed by atoms with Crippen LogP contribution in [0.3, 0.4) is 0 Å². The first-order chi connectivity index (χ1) is 12.1. The fourth-order valence-corrected chi connectivity index (χ4v) is 2.78. The van der Waals surface area contributed by atoms with Crippen LogP contribution in [0.1, 0.15) is 34.2 Å². The number of ketones is 1. The Hall–Kier alpha value is -3.08. The molecule has 2 heterocycles. The second kappa shape index (κ2) is 7.21. The normalized spacial score (nSPS) is 11.2. The van der Waals surface area contributed by atoms with E-state index >= 15 is 0 Å². The first-order valence-electron chi connectivity index (χ1n) is 8.24. The number of aryl methyl sites for hydroxylation is 2. The van der Waals surface area contributed by atoms with E-state index in [9.17, 15) is 4.79 Å². The summed E-state index contributed by atoms with van der Waals surface area (Å²) in [7, 11) is 0. The molecule has 0 radical (unpaired) electrons. The van der Waals surface area contributed by atoms with E-state index < -0.39 is 0 Å². The van der Waals surface area contributed by atoms with Gasteiger partial charge in [-0.25, -0.2) is 9.97 Å². The van der Waals surface area contributed by atoms with Gasteiger partial charge in [0.1, 0.15) is 0 Å². The van der Waals surface area contributed by atoms with Crippen molar-refractivity contribution in [1.29, 1.82) is 0 Å². The SMILES string of the molecule is CCn1nc(C)c(C(=O)/C=C\c2cnc(-c3ccccc3)nc2)c1C. The summed E-state index contributed by atoms with van der Waals surface area (Å²) in [5.41, 5.74) is 4.06. The molecule has 0 aliphatic heterocycles. The third-order valence-electron chi connectivity index (χ3n) is 4.06. The molecule has 0 bridgehead atoms. The second-order valence-corrected chi connectivity index (χ2v) is 5.77. The molecule has 0 amide bonds. The minimum absolute atomic E-state index is 0.0539. The third kappa shape index (κ3) is 3.55. The molecule has 0 N–H and O–H groups in total. The minimum Gasteiger partial charge on any atom is -0.289 e. The van der Waals surface area contributed by atoms with Crippen molar-refractivity contribution in [3.63, 3.8) is 0 Å². The maximum Gasteiger partial charge on any atom is 0.189 e. The largest absolute Gasteiger partial charge is 0.289 e. The van der Waals surface area contributed by atoms with Crippen LogP contribution in [0, 0.1) is 13.8 Å². The molecule has 0 aliphatic rings. The zero-order chi connectivity index (χ0) is 17.8. The maximum atomic E-state index is 12.5. The van der Waals surface area contributed by atoms with Gasteiger partial charge in [-0.05, 0) is 32.9 Å². The number of rotatable bonds is 5. The van der Waals surface area contributed by atoms with Crippen molar-refractivity contribution in [2.24, 2.45) is 0 Å². The Morgan fingerprint density at radius 3 is 2.40 bits per heavy atom. The van der Waals surface area contributed by atoms with E-state index in [0.717, 1.165) is 29.1 Å². The van der Waals surface area contributed by atoms with Crippen molar-refractivity contribution in [3.05, 3.63) is 71.3 Å². The fraction of sp³-hybridized carbons (Fsp3) is 0.200.